The highest BCUT2D eigenvalue weighted by atomic mass is 32.2. The maximum absolute atomic E-state index is 12.9. The van der Waals surface area contributed by atoms with Gasteiger partial charge in [0, 0.05) is 32.7 Å². The minimum absolute atomic E-state index is 0.191. The first-order valence-electron chi connectivity index (χ1n) is 8.73. The zero-order chi connectivity index (χ0) is 19.6. The third-order valence-corrected chi connectivity index (χ3v) is 6.89. The number of nitrogens with zero attached hydrogens (tertiary/aromatic N) is 3. The topological polar surface area (TPSA) is 85.1 Å². The number of methoxy groups -OCH3 is 2. The van der Waals surface area contributed by atoms with Crippen LogP contribution >= 0.6 is 0 Å². The molecule has 0 N–H and O–H groups in total. The van der Waals surface area contributed by atoms with Gasteiger partial charge in [-0.05, 0) is 31.5 Å². The molecule has 0 spiro atoms. The quantitative estimate of drug-likeness (QED) is 0.737. The van der Waals surface area contributed by atoms with Crippen molar-refractivity contribution in [3.05, 3.63) is 35.2 Å². The summed E-state index contributed by atoms with van der Waals surface area (Å²) in [5, 5.41) is 3.77. The molecule has 148 valence electrons. The molecule has 27 heavy (non-hydrogen) atoms. The Morgan fingerprint density at radius 1 is 1.07 bits per heavy atom. The molecular weight excluding hydrogens is 370 g/mol. The summed E-state index contributed by atoms with van der Waals surface area (Å²) in [4.78, 5) is 2.41. The Morgan fingerprint density at radius 3 is 2.30 bits per heavy atom. The second kappa shape index (κ2) is 7.87. The van der Waals surface area contributed by atoms with Gasteiger partial charge in [-0.15, -0.1) is 0 Å². The van der Waals surface area contributed by atoms with Gasteiger partial charge in [0.25, 0.3) is 0 Å². The molecule has 1 aliphatic heterocycles. The van der Waals surface area contributed by atoms with Crippen LogP contribution in [-0.2, 0) is 16.6 Å². The average molecular weight is 395 g/mol. The van der Waals surface area contributed by atoms with Gasteiger partial charge in [-0.25, -0.2) is 8.42 Å². The zero-order valence-electron chi connectivity index (χ0n) is 16.1. The van der Waals surface area contributed by atoms with Gasteiger partial charge in [0.15, 0.2) is 17.3 Å². The van der Waals surface area contributed by atoms with Crippen LogP contribution in [0.4, 0.5) is 0 Å². The molecule has 2 heterocycles. The lowest BCUT2D eigenvalue weighted by atomic mass is 10.1. The van der Waals surface area contributed by atoms with Gasteiger partial charge in [0.2, 0.25) is 10.0 Å². The number of rotatable bonds is 6. The minimum Gasteiger partial charge on any atom is -0.493 e. The van der Waals surface area contributed by atoms with Crippen molar-refractivity contribution >= 4 is 10.0 Å². The number of piperazine rings is 1. The predicted octanol–water partition coefficient (Wildman–Crippen LogP) is 1.82. The fourth-order valence-electron chi connectivity index (χ4n) is 3.34. The number of ether oxygens (including phenoxy) is 2. The molecule has 3 rings (SSSR count). The van der Waals surface area contributed by atoms with E-state index in [0.29, 0.717) is 49.1 Å². The van der Waals surface area contributed by atoms with E-state index in [1.165, 1.54) is 4.31 Å². The number of aryl methyl sites for hydroxylation is 2. The van der Waals surface area contributed by atoms with Gasteiger partial charge in [-0.1, -0.05) is 11.2 Å². The Bertz CT molecular complexity index is 882. The number of hydrogen-bond donors (Lipinski definition) is 0. The van der Waals surface area contributed by atoms with E-state index < -0.39 is 10.0 Å². The lowest BCUT2D eigenvalue weighted by molar-refractivity contribution is 0.181. The van der Waals surface area contributed by atoms with Crippen molar-refractivity contribution in [2.75, 3.05) is 40.4 Å². The second-order valence-corrected chi connectivity index (χ2v) is 8.40. The minimum atomic E-state index is -3.58. The molecule has 0 amide bonds. The van der Waals surface area contributed by atoms with E-state index in [4.69, 9.17) is 14.0 Å². The van der Waals surface area contributed by atoms with Crippen LogP contribution in [0.5, 0.6) is 11.5 Å². The lowest BCUT2D eigenvalue weighted by Gasteiger charge is -2.34. The van der Waals surface area contributed by atoms with Crippen LogP contribution in [0.1, 0.15) is 17.0 Å². The Labute approximate surface area is 159 Å². The Kier molecular flexibility index (Phi) is 5.73. The van der Waals surface area contributed by atoms with Crippen molar-refractivity contribution in [2.45, 2.75) is 25.3 Å². The van der Waals surface area contributed by atoms with E-state index in [9.17, 15) is 8.42 Å². The molecule has 0 saturated carbocycles. The Morgan fingerprint density at radius 2 is 1.74 bits per heavy atom. The van der Waals surface area contributed by atoms with Gasteiger partial charge in [-0.2, -0.15) is 4.31 Å². The molecule has 1 fully saturated rings. The van der Waals surface area contributed by atoms with Crippen LogP contribution in [0.25, 0.3) is 0 Å². The smallest absolute Gasteiger partial charge is 0.248 e. The predicted molar refractivity (Wildman–Crippen MR) is 99.6 cm³/mol. The molecule has 1 saturated heterocycles. The molecule has 0 unspecified atom stereocenters. The molecule has 1 aromatic carbocycles. The number of sulfonamides is 1. The third-order valence-electron chi connectivity index (χ3n) is 4.75. The summed E-state index contributed by atoms with van der Waals surface area (Å²) in [7, 11) is -0.364. The van der Waals surface area contributed by atoms with Gasteiger partial charge in [0.1, 0.15) is 10.6 Å². The van der Waals surface area contributed by atoms with Gasteiger partial charge in [-0.3, -0.25) is 4.90 Å². The molecule has 9 heteroatoms. The van der Waals surface area contributed by atoms with Gasteiger partial charge >= 0.3 is 0 Å². The van der Waals surface area contributed by atoms with Crippen molar-refractivity contribution in [1.82, 2.24) is 14.4 Å². The first-order chi connectivity index (χ1) is 12.9. The molecule has 1 aliphatic rings. The van der Waals surface area contributed by atoms with E-state index in [1.807, 2.05) is 18.2 Å². The van der Waals surface area contributed by atoms with Crippen molar-refractivity contribution in [1.29, 1.82) is 0 Å². The number of benzene rings is 1. The SMILES string of the molecule is COc1ccc(CN2CCN(S(=O)(=O)c3c(C)noc3C)CC2)cc1OC. The third kappa shape index (κ3) is 3.95. The van der Waals surface area contributed by atoms with Crippen LogP contribution in [0, 0.1) is 13.8 Å². The van der Waals surface area contributed by atoms with Gasteiger partial charge in [0.05, 0.1) is 14.2 Å². The van der Waals surface area contributed by atoms with E-state index in [1.54, 1.807) is 28.1 Å². The van der Waals surface area contributed by atoms with E-state index in [2.05, 4.69) is 10.1 Å². The van der Waals surface area contributed by atoms with Crippen LogP contribution in [0.2, 0.25) is 0 Å². The summed E-state index contributed by atoms with van der Waals surface area (Å²) < 4.78 is 42.9. The molecule has 1 aromatic heterocycles. The normalized spacial score (nSPS) is 16.4. The van der Waals surface area contributed by atoms with Crippen molar-refractivity contribution in [2.24, 2.45) is 0 Å². The maximum atomic E-state index is 12.9. The first-order valence-corrected chi connectivity index (χ1v) is 10.2. The molecule has 0 bridgehead atoms. The largest absolute Gasteiger partial charge is 0.493 e. The van der Waals surface area contributed by atoms with Crippen molar-refractivity contribution < 1.29 is 22.4 Å². The van der Waals surface area contributed by atoms with E-state index in [-0.39, 0.29) is 4.90 Å². The van der Waals surface area contributed by atoms with Crippen LogP contribution in [-0.4, -0.2) is 63.2 Å². The highest BCUT2D eigenvalue weighted by Gasteiger charge is 2.33. The van der Waals surface area contributed by atoms with Crippen molar-refractivity contribution in [3.63, 3.8) is 0 Å². The monoisotopic (exact) mass is 395 g/mol. The lowest BCUT2D eigenvalue weighted by Crippen LogP contribution is -2.48. The summed E-state index contributed by atoms with van der Waals surface area (Å²) in [6.45, 7) is 6.16. The highest BCUT2D eigenvalue weighted by Crippen LogP contribution is 2.29. The Hall–Kier alpha value is -2.10. The van der Waals surface area contributed by atoms with E-state index in [0.717, 1.165) is 12.1 Å². The summed E-state index contributed by atoms with van der Waals surface area (Å²) in [6.07, 6.45) is 0. The van der Waals surface area contributed by atoms with Crippen LogP contribution in [0.3, 0.4) is 0 Å². The van der Waals surface area contributed by atoms with Crippen LogP contribution < -0.4 is 9.47 Å². The first kappa shape index (κ1) is 19.7. The summed E-state index contributed by atoms with van der Waals surface area (Å²) in [5.41, 5.74) is 1.50. The molecule has 2 aromatic rings. The van der Waals surface area contributed by atoms with E-state index >= 15 is 0 Å². The average Bonchev–Trinajstić information content (AvgIpc) is 3.01. The fourth-order valence-corrected chi connectivity index (χ4v) is 5.05. The molecule has 0 aliphatic carbocycles. The van der Waals surface area contributed by atoms with Crippen molar-refractivity contribution in [3.8, 4) is 11.5 Å². The fraction of sp³-hybridized carbons (Fsp3) is 0.500. The number of hydrogen-bond acceptors (Lipinski definition) is 7. The standard InChI is InChI=1S/C18H25N3O5S/c1-13-18(14(2)26-19-13)27(22,23)21-9-7-20(8-10-21)12-15-5-6-16(24-3)17(11-15)25-4/h5-6,11H,7-10,12H2,1-4H3. The molecule has 0 radical (unpaired) electrons. The zero-order valence-corrected chi connectivity index (χ0v) is 16.9. The Balaban J connectivity index is 1.66. The summed E-state index contributed by atoms with van der Waals surface area (Å²) in [5.74, 6) is 1.71. The highest BCUT2D eigenvalue weighted by molar-refractivity contribution is 7.89. The summed E-state index contributed by atoms with van der Waals surface area (Å²) in [6, 6.07) is 5.83. The molecule has 8 nitrogen and oxygen atoms in total. The number of aromatic nitrogens is 1. The molecular formula is C18H25N3O5S. The second-order valence-electron chi connectivity index (χ2n) is 6.52. The van der Waals surface area contributed by atoms with Crippen LogP contribution in [0.15, 0.2) is 27.6 Å². The summed E-state index contributed by atoms with van der Waals surface area (Å²) >= 11 is 0. The molecule has 0 atom stereocenters. The maximum Gasteiger partial charge on any atom is 0.248 e. The van der Waals surface area contributed by atoms with Gasteiger partial charge < -0.3 is 14.0 Å².